The van der Waals surface area contributed by atoms with Gasteiger partial charge in [-0.1, -0.05) is 86.0 Å². The number of anilines is 2. The Kier molecular flexibility index (Phi) is 28.3. The van der Waals surface area contributed by atoms with Gasteiger partial charge < -0.3 is 47.4 Å². The van der Waals surface area contributed by atoms with Crippen molar-refractivity contribution in [3.8, 4) is 11.5 Å². The van der Waals surface area contributed by atoms with Gasteiger partial charge in [0, 0.05) is 23.5 Å². The number of unbranched alkanes of at least 4 members (excludes halogenated alkanes) is 6. The average Bonchev–Trinajstić information content (AvgIpc) is 3.48. The van der Waals surface area contributed by atoms with Gasteiger partial charge in [0.15, 0.2) is 0 Å². The lowest BCUT2D eigenvalue weighted by atomic mass is 10.0. The van der Waals surface area contributed by atoms with Gasteiger partial charge in [0.25, 0.3) is 0 Å². The molecule has 0 aliphatic carbocycles. The molecule has 0 saturated heterocycles. The Morgan fingerprint density at radius 3 is 1.21 bits per heavy atom. The van der Waals surface area contributed by atoms with Crippen LogP contribution in [0.15, 0.2) is 147 Å². The van der Waals surface area contributed by atoms with Gasteiger partial charge >= 0.3 is 48.4 Å². The van der Waals surface area contributed by atoms with Crippen molar-refractivity contribution in [2.24, 2.45) is 0 Å². The molecule has 0 radical (unpaired) electrons. The maximum Gasteiger partial charge on any atom is 0.513 e. The molecule has 0 fully saturated rings. The molecule has 82 heavy (non-hydrogen) atoms. The molecule has 0 spiro atoms. The first-order valence-electron chi connectivity index (χ1n) is 26.7. The summed E-state index contributed by atoms with van der Waals surface area (Å²) in [5.74, 6) is -1.51. The van der Waals surface area contributed by atoms with Crippen molar-refractivity contribution in [1.82, 2.24) is 0 Å². The molecular formula is C62H68N2O18. The highest BCUT2D eigenvalue weighted by Gasteiger charge is 2.13. The van der Waals surface area contributed by atoms with E-state index in [1.165, 1.54) is 24.3 Å². The fourth-order valence-electron chi connectivity index (χ4n) is 7.58. The molecular weight excluding hydrogens is 1060 g/mol. The molecule has 0 bridgehead atoms. The number of carbonyl (C=O) groups excluding carboxylic acids is 8. The van der Waals surface area contributed by atoms with Gasteiger partial charge in [-0.3, -0.25) is 20.2 Å². The van der Waals surface area contributed by atoms with Gasteiger partial charge in [0.2, 0.25) is 0 Å². The Labute approximate surface area is 475 Å². The molecule has 20 heteroatoms. The first kappa shape index (κ1) is 63.4. The monoisotopic (exact) mass is 1130 g/mol. The standard InChI is InChI=1S/C62H68N2O18/c1-3-55(65)74-35-36-76-58(68)44-48-25-21-46(22-26-48)39-45-19-23-47(24-20-45)43-57(67)73-31-9-5-6-10-32-78-61(71)79-33-11-7-8-12-34-80-62(72)82-54-29-27-53(28-30-54)81-60(70)64-52-18-14-16-50(42-52)40-49-15-13-17-51(41-49)63-59(69)77-38-37-75-56(66)4-2/h3-4,13-30,41-42H,1-2,5-12,31-40,43-44H2,(H,63,69)(H,64,70). The molecule has 0 aliphatic heterocycles. The van der Waals surface area contributed by atoms with Crippen LogP contribution in [0.5, 0.6) is 11.5 Å². The predicted octanol–water partition coefficient (Wildman–Crippen LogP) is 11.1. The zero-order chi connectivity index (χ0) is 58.6. The molecule has 0 aliphatic rings. The number of hydrogen-bond donors (Lipinski definition) is 2. The summed E-state index contributed by atoms with van der Waals surface area (Å²) in [7, 11) is 0. The van der Waals surface area contributed by atoms with E-state index in [1.807, 2.05) is 60.7 Å². The highest BCUT2D eigenvalue weighted by molar-refractivity contribution is 5.87. The van der Waals surface area contributed by atoms with Crippen LogP contribution >= 0.6 is 0 Å². The molecule has 0 unspecified atom stereocenters. The molecule has 5 aromatic rings. The quantitative estimate of drug-likeness (QED) is 0.0128. The van der Waals surface area contributed by atoms with Gasteiger partial charge in [-0.15, -0.1) is 0 Å². The van der Waals surface area contributed by atoms with Crippen LogP contribution < -0.4 is 20.1 Å². The van der Waals surface area contributed by atoms with E-state index in [0.29, 0.717) is 56.5 Å². The van der Waals surface area contributed by atoms with E-state index in [9.17, 15) is 38.4 Å². The van der Waals surface area contributed by atoms with Gasteiger partial charge in [0.1, 0.15) is 37.9 Å². The van der Waals surface area contributed by atoms with Crippen molar-refractivity contribution < 1.29 is 85.7 Å². The molecule has 20 nitrogen and oxygen atoms in total. The second-order valence-corrected chi connectivity index (χ2v) is 18.1. The van der Waals surface area contributed by atoms with Crippen LogP contribution in [0.4, 0.5) is 30.6 Å². The number of rotatable bonds is 34. The predicted molar refractivity (Wildman–Crippen MR) is 300 cm³/mol. The second kappa shape index (κ2) is 36.7. The summed E-state index contributed by atoms with van der Waals surface area (Å²) in [4.78, 5) is 95.7. The fraction of sp³-hybridized carbons (Fsp3) is 0.323. The lowest BCUT2D eigenvalue weighted by Crippen LogP contribution is -2.17. The number of benzene rings is 5. The van der Waals surface area contributed by atoms with Crippen LogP contribution in [-0.4, -0.2) is 101 Å². The van der Waals surface area contributed by atoms with E-state index in [-0.39, 0.29) is 76.6 Å². The SMILES string of the molecule is C=CC(=O)OCCOC(=O)Cc1ccc(Cc2ccc(CC(=O)OCCCCCCOC(=O)OCCCCCCOC(=O)Oc3ccc(OC(=O)Nc4cccc(Cc5cccc(NC(=O)OCCOC(=O)C=C)c5)c4)cc3)cc2)cc1. The van der Waals surface area contributed by atoms with Gasteiger partial charge in [-0.05, 0) is 146 Å². The second-order valence-electron chi connectivity index (χ2n) is 18.1. The number of carbonyl (C=O) groups is 8. The number of nitrogens with one attached hydrogen (secondary N) is 2. The van der Waals surface area contributed by atoms with E-state index in [0.717, 1.165) is 71.2 Å². The highest BCUT2D eigenvalue weighted by Crippen LogP contribution is 2.22. The van der Waals surface area contributed by atoms with Crippen molar-refractivity contribution in [2.45, 2.75) is 77.0 Å². The number of ether oxygens (including phenoxy) is 10. The normalized spacial score (nSPS) is 10.4. The van der Waals surface area contributed by atoms with E-state index in [2.05, 4.69) is 23.8 Å². The molecule has 0 heterocycles. The van der Waals surface area contributed by atoms with Crippen molar-refractivity contribution >= 4 is 59.7 Å². The Bertz CT molecular complexity index is 2870. The van der Waals surface area contributed by atoms with Crippen LogP contribution in [0, 0.1) is 0 Å². The highest BCUT2D eigenvalue weighted by atomic mass is 16.7. The minimum Gasteiger partial charge on any atom is -0.465 e. The topological polar surface area (TPSA) is 253 Å². The van der Waals surface area contributed by atoms with Crippen LogP contribution in [0.3, 0.4) is 0 Å². The molecule has 5 aromatic carbocycles. The lowest BCUT2D eigenvalue weighted by molar-refractivity contribution is -0.149. The smallest absolute Gasteiger partial charge is 0.465 e. The average molecular weight is 1130 g/mol. The Balaban J connectivity index is 0.814. The van der Waals surface area contributed by atoms with Gasteiger partial charge in [0.05, 0.1) is 39.3 Å². The van der Waals surface area contributed by atoms with Crippen LogP contribution in [-0.2, 0) is 82.8 Å². The molecule has 0 aromatic heterocycles. The van der Waals surface area contributed by atoms with Crippen LogP contribution in [0.2, 0.25) is 0 Å². The van der Waals surface area contributed by atoms with Crippen molar-refractivity contribution in [3.63, 3.8) is 0 Å². The minimum atomic E-state index is -0.884. The molecule has 2 amide bonds. The largest absolute Gasteiger partial charge is 0.513 e. The number of amides is 2. The summed E-state index contributed by atoms with van der Waals surface area (Å²) in [5.41, 5.74) is 6.54. The third-order valence-electron chi connectivity index (χ3n) is 11.6. The summed E-state index contributed by atoms with van der Waals surface area (Å²) in [5, 5.41) is 5.32. The van der Waals surface area contributed by atoms with Gasteiger partial charge in [-0.25, -0.2) is 28.8 Å². The zero-order valence-electron chi connectivity index (χ0n) is 45.6. The van der Waals surface area contributed by atoms with E-state index < -0.39 is 42.4 Å². The first-order valence-corrected chi connectivity index (χ1v) is 26.7. The maximum atomic E-state index is 12.7. The fourth-order valence-corrected chi connectivity index (χ4v) is 7.58. The number of esters is 4. The Morgan fingerprint density at radius 2 is 0.732 bits per heavy atom. The molecule has 5 rings (SSSR count). The summed E-state index contributed by atoms with van der Waals surface area (Å²) in [6.45, 7) is 7.19. The first-order chi connectivity index (χ1) is 39.8. The summed E-state index contributed by atoms with van der Waals surface area (Å²) >= 11 is 0. The van der Waals surface area contributed by atoms with E-state index in [4.69, 9.17) is 47.4 Å². The van der Waals surface area contributed by atoms with Crippen LogP contribution in [0.25, 0.3) is 0 Å². The van der Waals surface area contributed by atoms with Crippen molar-refractivity contribution in [2.75, 3.05) is 63.5 Å². The van der Waals surface area contributed by atoms with Crippen molar-refractivity contribution in [3.05, 3.63) is 180 Å². The van der Waals surface area contributed by atoms with E-state index >= 15 is 0 Å². The summed E-state index contributed by atoms with van der Waals surface area (Å²) in [6.07, 6.45) is 6.03. The maximum absolute atomic E-state index is 12.7. The third-order valence-corrected chi connectivity index (χ3v) is 11.6. The van der Waals surface area contributed by atoms with Gasteiger partial charge in [-0.2, -0.15) is 0 Å². The minimum absolute atomic E-state index is 0.0224. The third kappa shape index (κ3) is 26.9. The summed E-state index contributed by atoms with van der Waals surface area (Å²) < 4.78 is 51.2. The molecule has 2 N–H and O–H groups in total. The lowest BCUT2D eigenvalue weighted by Gasteiger charge is -2.10. The molecule has 0 saturated carbocycles. The number of hydrogen-bond acceptors (Lipinski definition) is 18. The van der Waals surface area contributed by atoms with Crippen LogP contribution in [0.1, 0.15) is 84.7 Å². The Hall–Kier alpha value is -9.46. The van der Waals surface area contributed by atoms with E-state index in [1.54, 1.807) is 36.4 Å². The Morgan fingerprint density at radius 1 is 0.354 bits per heavy atom. The molecule has 0 atom stereocenters. The zero-order valence-corrected chi connectivity index (χ0v) is 45.6. The molecule has 434 valence electrons. The van der Waals surface area contributed by atoms with Crippen molar-refractivity contribution in [1.29, 1.82) is 0 Å². The summed E-state index contributed by atoms with van der Waals surface area (Å²) in [6, 6.07) is 35.6.